The molecular weight excluding hydrogens is 317 g/mol. The lowest BCUT2D eigenvalue weighted by atomic mass is 9.86. The van der Waals surface area contributed by atoms with Crippen LogP contribution in [-0.4, -0.2) is 15.3 Å². The number of fused-ring (bicyclic) bond motifs is 1. The Morgan fingerprint density at radius 3 is 2.68 bits per heavy atom. The minimum Gasteiger partial charge on any atom is -0.309 e. The molecule has 0 unspecified atom stereocenters. The van der Waals surface area contributed by atoms with E-state index in [1.807, 2.05) is 20.8 Å². The number of halogens is 1. The number of imidazole rings is 1. The van der Waals surface area contributed by atoms with Crippen molar-refractivity contribution in [1.29, 1.82) is 0 Å². The van der Waals surface area contributed by atoms with Crippen LogP contribution in [0.2, 0.25) is 0 Å². The van der Waals surface area contributed by atoms with Crippen molar-refractivity contribution in [2.45, 2.75) is 65.7 Å². The van der Waals surface area contributed by atoms with Crippen molar-refractivity contribution in [1.82, 2.24) is 9.38 Å². The second-order valence-electron chi connectivity index (χ2n) is 8.48. The number of anilines is 1. The van der Waals surface area contributed by atoms with Crippen LogP contribution >= 0.6 is 0 Å². The normalized spacial score (nSPS) is 16.3. The second kappa shape index (κ2) is 7.14. The summed E-state index contributed by atoms with van der Waals surface area (Å²) in [6.07, 6.45) is 8.92. The molecule has 0 aliphatic heterocycles. The molecule has 25 heavy (non-hydrogen) atoms. The fraction of sp³-hybridized carbons (Fsp3) is 0.600. The van der Waals surface area contributed by atoms with E-state index in [9.17, 15) is 9.18 Å². The number of hydrogen-bond acceptors (Lipinski definition) is 2. The molecule has 5 heteroatoms. The Balaban J connectivity index is 1.90. The van der Waals surface area contributed by atoms with E-state index in [0.717, 1.165) is 12.1 Å². The van der Waals surface area contributed by atoms with Crippen molar-refractivity contribution in [2.24, 2.45) is 11.3 Å². The van der Waals surface area contributed by atoms with Crippen molar-refractivity contribution in [3.8, 4) is 0 Å². The summed E-state index contributed by atoms with van der Waals surface area (Å²) in [5.41, 5.74) is 1.51. The summed E-state index contributed by atoms with van der Waals surface area (Å²) in [6.45, 7) is 6.11. The number of carbonyl (C=O) groups is 1. The Labute approximate surface area is 148 Å². The zero-order valence-corrected chi connectivity index (χ0v) is 15.4. The van der Waals surface area contributed by atoms with E-state index in [1.54, 1.807) is 10.5 Å². The average molecular weight is 345 g/mol. The molecule has 0 aromatic carbocycles. The Morgan fingerprint density at radius 2 is 2.00 bits per heavy atom. The first-order chi connectivity index (χ1) is 11.8. The molecule has 136 valence electrons. The van der Waals surface area contributed by atoms with Gasteiger partial charge in [-0.1, -0.05) is 52.9 Å². The van der Waals surface area contributed by atoms with Gasteiger partial charge in [-0.25, -0.2) is 9.37 Å². The van der Waals surface area contributed by atoms with Crippen molar-refractivity contribution in [3.63, 3.8) is 0 Å². The summed E-state index contributed by atoms with van der Waals surface area (Å²) in [4.78, 5) is 16.9. The molecule has 1 amide bonds. The Bertz CT molecular complexity index is 754. The van der Waals surface area contributed by atoms with E-state index in [-0.39, 0.29) is 17.1 Å². The van der Waals surface area contributed by atoms with Crippen LogP contribution in [0.25, 0.3) is 5.65 Å². The third-order valence-electron chi connectivity index (χ3n) is 4.84. The highest BCUT2D eigenvalue weighted by Crippen LogP contribution is 2.30. The molecule has 1 N–H and O–H groups in total. The van der Waals surface area contributed by atoms with Gasteiger partial charge >= 0.3 is 0 Å². The van der Waals surface area contributed by atoms with Crippen LogP contribution in [0.3, 0.4) is 0 Å². The molecule has 2 heterocycles. The van der Waals surface area contributed by atoms with E-state index in [0.29, 0.717) is 23.8 Å². The molecule has 1 aliphatic carbocycles. The lowest BCUT2D eigenvalue weighted by molar-refractivity contribution is -0.117. The molecule has 1 aliphatic rings. The van der Waals surface area contributed by atoms with Gasteiger partial charge in [0.1, 0.15) is 11.5 Å². The number of amides is 1. The van der Waals surface area contributed by atoms with Crippen LogP contribution in [0.5, 0.6) is 0 Å². The maximum Gasteiger partial charge on any atom is 0.226 e. The van der Waals surface area contributed by atoms with Gasteiger partial charge < -0.3 is 5.32 Å². The van der Waals surface area contributed by atoms with E-state index >= 15 is 0 Å². The van der Waals surface area contributed by atoms with Gasteiger partial charge in [0, 0.05) is 12.6 Å². The standard InChI is InChI=1S/C20H28FN3O/c1-20(2,3)12-18(25)23-19-16(11-14-7-5-4-6-8-14)24-13-15(21)9-10-17(24)22-19/h9-10,13-14H,4-8,11-12H2,1-3H3,(H,23,25). The van der Waals surface area contributed by atoms with Crippen LogP contribution in [-0.2, 0) is 11.2 Å². The van der Waals surface area contributed by atoms with Gasteiger partial charge in [0.15, 0.2) is 5.82 Å². The highest BCUT2D eigenvalue weighted by atomic mass is 19.1. The molecule has 0 spiro atoms. The van der Waals surface area contributed by atoms with Crippen molar-refractivity contribution >= 4 is 17.4 Å². The van der Waals surface area contributed by atoms with Gasteiger partial charge in [-0.15, -0.1) is 0 Å². The fourth-order valence-electron chi connectivity index (χ4n) is 3.69. The minimum absolute atomic E-state index is 0.0405. The first-order valence-corrected chi connectivity index (χ1v) is 9.28. The number of aromatic nitrogens is 2. The second-order valence-corrected chi connectivity index (χ2v) is 8.48. The number of nitrogens with zero attached hydrogens (tertiary/aromatic N) is 2. The fourth-order valence-corrected chi connectivity index (χ4v) is 3.69. The first kappa shape index (κ1) is 17.9. The topological polar surface area (TPSA) is 46.4 Å². The zero-order chi connectivity index (χ0) is 18.0. The van der Waals surface area contributed by atoms with Gasteiger partial charge in [0.25, 0.3) is 0 Å². The summed E-state index contributed by atoms with van der Waals surface area (Å²) in [5.74, 6) is 0.837. The lowest BCUT2D eigenvalue weighted by Gasteiger charge is -2.22. The predicted molar refractivity (Wildman–Crippen MR) is 98.1 cm³/mol. The maximum atomic E-state index is 13.8. The summed E-state index contributed by atoms with van der Waals surface area (Å²) in [6, 6.07) is 3.08. The monoisotopic (exact) mass is 345 g/mol. The van der Waals surface area contributed by atoms with Crippen LogP contribution < -0.4 is 5.32 Å². The molecule has 1 saturated carbocycles. The third-order valence-corrected chi connectivity index (χ3v) is 4.84. The molecule has 3 rings (SSSR count). The van der Waals surface area contributed by atoms with E-state index in [2.05, 4.69) is 10.3 Å². The van der Waals surface area contributed by atoms with Crippen LogP contribution in [0.15, 0.2) is 18.3 Å². The molecule has 2 aromatic heterocycles. The van der Waals surface area contributed by atoms with E-state index < -0.39 is 0 Å². The van der Waals surface area contributed by atoms with Crippen molar-refractivity contribution in [2.75, 3.05) is 5.32 Å². The predicted octanol–water partition coefficient (Wildman–Crippen LogP) is 4.97. The largest absolute Gasteiger partial charge is 0.309 e. The van der Waals surface area contributed by atoms with E-state index in [1.165, 1.54) is 44.4 Å². The van der Waals surface area contributed by atoms with Crippen LogP contribution in [0.4, 0.5) is 10.2 Å². The SMILES string of the molecule is CC(C)(C)CC(=O)Nc1nc2ccc(F)cn2c1CC1CCCCC1. The molecule has 2 aromatic rings. The average Bonchev–Trinajstić information content (AvgIpc) is 2.83. The highest BCUT2D eigenvalue weighted by molar-refractivity contribution is 5.91. The lowest BCUT2D eigenvalue weighted by Crippen LogP contribution is -2.21. The molecule has 4 nitrogen and oxygen atoms in total. The summed E-state index contributed by atoms with van der Waals surface area (Å²) < 4.78 is 15.6. The van der Waals surface area contributed by atoms with Gasteiger partial charge in [-0.05, 0) is 29.9 Å². The molecule has 0 atom stereocenters. The number of nitrogens with one attached hydrogen (secondary N) is 1. The number of hydrogen-bond donors (Lipinski definition) is 1. The van der Waals surface area contributed by atoms with Gasteiger partial charge in [0.2, 0.25) is 5.91 Å². The number of pyridine rings is 1. The Kier molecular flexibility index (Phi) is 5.11. The summed E-state index contributed by atoms with van der Waals surface area (Å²) in [5, 5.41) is 2.97. The minimum atomic E-state index is -0.289. The highest BCUT2D eigenvalue weighted by Gasteiger charge is 2.22. The van der Waals surface area contributed by atoms with Gasteiger partial charge in [0.05, 0.1) is 5.69 Å². The zero-order valence-electron chi connectivity index (χ0n) is 15.4. The van der Waals surface area contributed by atoms with Crippen molar-refractivity contribution in [3.05, 3.63) is 29.8 Å². The summed E-state index contributed by atoms with van der Waals surface area (Å²) >= 11 is 0. The molecule has 0 saturated heterocycles. The quantitative estimate of drug-likeness (QED) is 0.850. The number of rotatable bonds is 4. The van der Waals surface area contributed by atoms with Gasteiger partial charge in [-0.2, -0.15) is 0 Å². The van der Waals surface area contributed by atoms with Crippen molar-refractivity contribution < 1.29 is 9.18 Å². The smallest absolute Gasteiger partial charge is 0.226 e. The molecule has 0 radical (unpaired) electrons. The first-order valence-electron chi connectivity index (χ1n) is 9.28. The maximum absolute atomic E-state index is 13.8. The van der Waals surface area contributed by atoms with Crippen LogP contribution in [0.1, 0.15) is 65.0 Å². The third kappa shape index (κ3) is 4.59. The summed E-state index contributed by atoms with van der Waals surface area (Å²) in [7, 11) is 0. The van der Waals surface area contributed by atoms with Gasteiger partial charge in [-0.3, -0.25) is 9.20 Å². The Morgan fingerprint density at radius 1 is 1.28 bits per heavy atom. The molecular formula is C20H28FN3O. The Hall–Kier alpha value is -1.91. The van der Waals surface area contributed by atoms with Crippen LogP contribution in [0, 0.1) is 17.2 Å². The van der Waals surface area contributed by atoms with E-state index in [4.69, 9.17) is 0 Å². The number of carbonyl (C=O) groups excluding carboxylic acids is 1. The molecule has 1 fully saturated rings. The molecule has 0 bridgehead atoms.